The molecule has 0 bridgehead atoms. The molecule has 184 valence electrons. The second-order valence-electron chi connectivity index (χ2n) is 11.1. The summed E-state index contributed by atoms with van der Waals surface area (Å²) in [5.74, 6) is 3.44. The molecule has 5 heterocycles. The average molecular weight is 465 g/mol. The van der Waals surface area contributed by atoms with Crippen LogP contribution in [0.5, 0.6) is 0 Å². The lowest BCUT2D eigenvalue weighted by Crippen LogP contribution is -2.48. The summed E-state index contributed by atoms with van der Waals surface area (Å²) in [7, 11) is 0. The first kappa shape index (κ1) is 22.3. The number of nitrogens with one attached hydrogen (secondary N) is 1. The number of nitrogens with zero attached hydrogens (tertiary/aromatic N) is 5. The van der Waals surface area contributed by atoms with Crippen molar-refractivity contribution in [2.45, 2.75) is 70.6 Å². The Balaban J connectivity index is 1.17. The first-order chi connectivity index (χ1) is 16.8. The van der Waals surface area contributed by atoms with Crippen LogP contribution in [0.15, 0.2) is 12.3 Å². The van der Waals surface area contributed by atoms with Gasteiger partial charge in [-0.2, -0.15) is 9.61 Å². The van der Waals surface area contributed by atoms with Gasteiger partial charge in [0.25, 0.3) is 0 Å². The molecule has 34 heavy (non-hydrogen) atoms. The van der Waals surface area contributed by atoms with E-state index >= 15 is 0 Å². The molecule has 3 fully saturated rings. The van der Waals surface area contributed by atoms with E-state index in [2.05, 4.69) is 20.2 Å². The van der Waals surface area contributed by atoms with Gasteiger partial charge in [-0.25, -0.2) is 4.98 Å². The largest absolute Gasteiger partial charge is 0.355 e. The fourth-order valence-corrected chi connectivity index (χ4v) is 7.17. The van der Waals surface area contributed by atoms with Crippen LogP contribution in [0.1, 0.15) is 69.0 Å². The first-order valence-electron chi connectivity index (χ1n) is 13.9. The molecule has 6 rings (SSSR count). The molecular weight excluding hydrogens is 424 g/mol. The van der Waals surface area contributed by atoms with Gasteiger partial charge in [-0.3, -0.25) is 4.79 Å². The van der Waals surface area contributed by atoms with E-state index in [1.807, 2.05) is 16.8 Å². The van der Waals surface area contributed by atoms with Gasteiger partial charge in [0.2, 0.25) is 5.91 Å². The van der Waals surface area contributed by atoms with Crippen LogP contribution < -0.4 is 10.2 Å². The van der Waals surface area contributed by atoms with Crippen molar-refractivity contribution in [1.29, 1.82) is 0 Å². The number of aromatic nitrogens is 3. The van der Waals surface area contributed by atoms with Crippen LogP contribution in [0.2, 0.25) is 0 Å². The second kappa shape index (κ2) is 9.84. The molecule has 0 unspecified atom stereocenters. The monoisotopic (exact) mass is 464 g/mol. The quantitative estimate of drug-likeness (QED) is 0.754. The Morgan fingerprint density at radius 3 is 2.56 bits per heavy atom. The predicted octanol–water partition coefficient (Wildman–Crippen LogP) is 3.45. The maximum atomic E-state index is 13.6. The van der Waals surface area contributed by atoms with E-state index in [-0.39, 0.29) is 5.92 Å². The Labute approximate surface area is 203 Å². The normalized spacial score (nSPS) is 25.4. The Morgan fingerprint density at radius 1 is 0.912 bits per heavy atom. The number of piperidine rings is 2. The molecule has 1 amide bonds. The summed E-state index contributed by atoms with van der Waals surface area (Å²) >= 11 is 0. The second-order valence-corrected chi connectivity index (χ2v) is 11.1. The number of amides is 1. The molecule has 1 aliphatic carbocycles. The van der Waals surface area contributed by atoms with Crippen molar-refractivity contribution >= 4 is 17.4 Å². The van der Waals surface area contributed by atoms with Crippen LogP contribution in [0, 0.1) is 17.8 Å². The first-order valence-corrected chi connectivity index (χ1v) is 13.9. The zero-order chi connectivity index (χ0) is 22.9. The lowest BCUT2D eigenvalue weighted by molar-refractivity contribution is -0.137. The smallest absolute Gasteiger partial charge is 0.227 e. The van der Waals surface area contributed by atoms with Crippen molar-refractivity contribution in [2.24, 2.45) is 17.8 Å². The Bertz CT molecular complexity index is 1000. The van der Waals surface area contributed by atoms with E-state index in [0.717, 1.165) is 82.4 Å². The standard InChI is InChI=1S/C27H40N6O/c34-27(31-17-11-21(12-18-31)20-5-2-1-3-6-20)22-7-4-16-32(19-22)26-23-8-13-28-14-9-24(23)30-25-10-15-29-33(25)26/h10,15,20-22,28H,1-9,11-14,16-19H2/t22-/m0/s1. The fraction of sp³-hybridized carbons (Fsp3) is 0.741. The highest BCUT2D eigenvalue weighted by molar-refractivity contribution is 5.80. The van der Waals surface area contributed by atoms with Crippen LogP contribution in [0.3, 0.4) is 0 Å². The maximum absolute atomic E-state index is 13.6. The maximum Gasteiger partial charge on any atom is 0.227 e. The van der Waals surface area contributed by atoms with Crippen molar-refractivity contribution in [2.75, 3.05) is 44.2 Å². The highest BCUT2D eigenvalue weighted by Crippen LogP contribution is 2.36. The van der Waals surface area contributed by atoms with E-state index in [0.29, 0.717) is 5.91 Å². The van der Waals surface area contributed by atoms with Gasteiger partial charge >= 0.3 is 0 Å². The van der Waals surface area contributed by atoms with Gasteiger partial charge in [0.1, 0.15) is 5.82 Å². The molecule has 2 saturated heterocycles. The predicted molar refractivity (Wildman–Crippen MR) is 134 cm³/mol. The van der Waals surface area contributed by atoms with E-state index in [9.17, 15) is 4.79 Å². The van der Waals surface area contributed by atoms with Crippen LogP contribution in [-0.4, -0.2) is 64.7 Å². The number of carbonyl (C=O) groups excluding carboxylic acids is 1. The number of carbonyl (C=O) groups is 1. The SMILES string of the molecule is O=C([C@H]1CCCN(c2c3c(nc4ccnn24)CCNCC3)C1)N1CCC(C2CCCCC2)CC1. The molecule has 1 N–H and O–H groups in total. The summed E-state index contributed by atoms with van der Waals surface area (Å²) in [6.07, 6.45) is 15.4. The minimum Gasteiger partial charge on any atom is -0.355 e. The Kier molecular flexibility index (Phi) is 6.46. The van der Waals surface area contributed by atoms with Crippen molar-refractivity contribution in [3.8, 4) is 0 Å². The molecule has 3 aliphatic heterocycles. The molecule has 2 aromatic heterocycles. The Morgan fingerprint density at radius 2 is 1.71 bits per heavy atom. The molecule has 2 aromatic rings. The topological polar surface area (TPSA) is 65.8 Å². The molecule has 1 saturated carbocycles. The van der Waals surface area contributed by atoms with Gasteiger partial charge in [-0.05, 0) is 50.5 Å². The summed E-state index contributed by atoms with van der Waals surface area (Å²) in [5, 5.41) is 8.16. The molecule has 7 heteroatoms. The summed E-state index contributed by atoms with van der Waals surface area (Å²) < 4.78 is 2.02. The number of anilines is 1. The van der Waals surface area contributed by atoms with E-state index in [1.54, 1.807) is 0 Å². The summed E-state index contributed by atoms with van der Waals surface area (Å²) in [6, 6.07) is 2.01. The average Bonchev–Trinajstić information content (AvgIpc) is 3.24. The molecule has 0 spiro atoms. The lowest BCUT2D eigenvalue weighted by Gasteiger charge is -2.41. The lowest BCUT2D eigenvalue weighted by atomic mass is 9.75. The number of hydrogen-bond donors (Lipinski definition) is 1. The fourth-order valence-electron chi connectivity index (χ4n) is 7.17. The molecule has 7 nitrogen and oxygen atoms in total. The van der Waals surface area contributed by atoms with Gasteiger partial charge < -0.3 is 15.1 Å². The van der Waals surface area contributed by atoms with Crippen molar-refractivity contribution < 1.29 is 4.79 Å². The van der Waals surface area contributed by atoms with Crippen molar-refractivity contribution in [1.82, 2.24) is 24.8 Å². The molecule has 0 radical (unpaired) electrons. The van der Waals surface area contributed by atoms with Gasteiger partial charge in [0.15, 0.2) is 5.65 Å². The third kappa shape index (κ3) is 4.32. The van der Waals surface area contributed by atoms with Gasteiger partial charge in [0.05, 0.1) is 17.8 Å². The van der Waals surface area contributed by atoms with E-state index in [4.69, 9.17) is 4.98 Å². The third-order valence-corrected chi connectivity index (χ3v) is 9.02. The summed E-state index contributed by atoms with van der Waals surface area (Å²) in [5.41, 5.74) is 3.45. The number of hydrogen-bond acceptors (Lipinski definition) is 5. The van der Waals surface area contributed by atoms with Crippen molar-refractivity contribution in [3.63, 3.8) is 0 Å². The van der Waals surface area contributed by atoms with Crippen LogP contribution >= 0.6 is 0 Å². The van der Waals surface area contributed by atoms with Crippen LogP contribution in [0.4, 0.5) is 5.82 Å². The zero-order valence-electron chi connectivity index (χ0n) is 20.6. The number of likely N-dealkylation sites (tertiary alicyclic amines) is 1. The van der Waals surface area contributed by atoms with Gasteiger partial charge in [0, 0.05) is 50.8 Å². The summed E-state index contributed by atoms with van der Waals surface area (Å²) in [4.78, 5) is 23.2. The minimum atomic E-state index is 0.0957. The van der Waals surface area contributed by atoms with Crippen LogP contribution in [0.25, 0.3) is 5.65 Å². The van der Waals surface area contributed by atoms with E-state index in [1.165, 1.54) is 62.0 Å². The zero-order valence-corrected chi connectivity index (χ0v) is 20.6. The summed E-state index contributed by atoms with van der Waals surface area (Å²) in [6.45, 7) is 5.68. The molecule has 4 aliphatic rings. The molecular formula is C27H40N6O. The number of fused-ring (bicyclic) bond motifs is 2. The third-order valence-electron chi connectivity index (χ3n) is 9.02. The Hall–Kier alpha value is -2.15. The highest BCUT2D eigenvalue weighted by Gasteiger charge is 2.35. The van der Waals surface area contributed by atoms with Crippen molar-refractivity contribution in [3.05, 3.63) is 23.5 Å². The van der Waals surface area contributed by atoms with Crippen LogP contribution in [-0.2, 0) is 17.6 Å². The van der Waals surface area contributed by atoms with Gasteiger partial charge in [-0.1, -0.05) is 32.1 Å². The van der Waals surface area contributed by atoms with E-state index < -0.39 is 0 Å². The number of rotatable bonds is 3. The molecule has 1 atom stereocenters. The minimum absolute atomic E-state index is 0.0957. The van der Waals surface area contributed by atoms with Gasteiger partial charge in [-0.15, -0.1) is 0 Å². The highest BCUT2D eigenvalue weighted by atomic mass is 16.2. The molecule has 0 aromatic carbocycles.